The zero-order valence-corrected chi connectivity index (χ0v) is 6.66. The molecule has 2 nitrogen and oxygen atoms in total. The molecular weight excluding hydrogens is 150 g/mol. The maximum Gasteiger partial charge on any atom is 0.132 e. The Balaban J connectivity index is 2.29. The molecule has 1 aliphatic rings. The van der Waals surface area contributed by atoms with Crippen molar-refractivity contribution in [1.82, 2.24) is 0 Å². The summed E-state index contributed by atoms with van der Waals surface area (Å²) in [5.41, 5.74) is 1.13. The highest BCUT2D eigenvalue weighted by molar-refractivity contribution is 5.88. The second-order valence-corrected chi connectivity index (χ2v) is 2.59. The van der Waals surface area contributed by atoms with Crippen molar-refractivity contribution in [2.24, 2.45) is 4.99 Å². The molecule has 0 saturated carbocycles. The van der Waals surface area contributed by atoms with E-state index < -0.39 is 0 Å². The Morgan fingerprint density at radius 2 is 2.42 bits per heavy atom. The van der Waals surface area contributed by atoms with Crippen LogP contribution >= 0.6 is 0 Å². The Morgan fingerprint density at radius 3 is 3.00 bits per heavy atom. The van der Waals surface area contributed by atoms with Gasteiger partial charge >= 0.3 is 0 Å². The van der Waals surface area contributed by atoms with Gasteiger partial charge in [-0.3, -0.25) is 4.99 Å². The largest absolute Gasteiger partial charge is 0.457 e. The Hall–Kier alpha value is -1.57. The number of aliphatic imine (C=N–C) groups is 1. The Kier molecular flexibility index (Phi) is 1.67. The van der Waals surface area contributed by atoms with Gasteiger partial charge in [0.25, 0.3) is 0 Å². The molecule has 0 N–H and O–H groups in total. The fourth-order valence-corrected chi connectivity index (χ4v) is 1.14. The van der Waals surface area contributed by atoms with Crippen LogP contribution in [0.3, 0.4) is 0 Å². The van der Waals surface area contributed by atoms with Gasteiger partial charge in [0.15, 0.2) is 0 Å². The second-order valence-electron chi connectivity index (χ2n) is 2.59. The average Bonchev–Trinajstić information content (AvgIpc) is 2.75. The molecule has 0 spiro atoms. The van der Waals surface area contributed by atoms with Gasteiger partial charge in [-0.05, 0) is 24.3 Å². The number of hydrogen-bond acceptors (Lipinski definition) is 2. The fraction of sp³-hybridized carbons (Fsp3) is 0.100. The molecule has 0 aliphatic carbocycles. The van der Waals surface area contributed by atoms with E-state index in [1.807, 2.05) is 18.2 Å². The highest BCUT2D eigenvalue weighted by Crippen LogP contribution is 2.20. The molecule has 0 amide bonds. The maximum absolute atomic E-state index is 5.45. The lowest BCUT2D eigenvalue weighted by Gasteiger charge is -1.93. The molecule has 1 aromatic rings. The number of hydrogen-bond donors (Lipinski definition) is 0. The molecule has 2 rings (SSSR count). The molecule has 2 heterocycles. The predicted octanol–water partition coefficient (Wildman–Crippen LogP) is 2.39. The van der Waals surface area contributed by atoms with Gasteiger partial charge in [-0.2, -0.15) is 0 Å². The number of furan rings is 1. The van der Waals surface area contributed by atoms with Crippen molar-refractivity contribution in [2.45, 2.75) is 0 Å². The quantitative estimate of drug-likeness (QED) is 0.650. The molecule has 1 aliphatic heterocycles. The van der Waals surface area contributed by atoms with Crippen molar-refractivity contribution in [3.05, 3.63) is 36.3 Å². The van der Waals surface area contributed by atoms with Crippen molar-refractivity contribution < 1.29 is 4.42 Å². The van der Waals surface area contributed by atoms with Gasteiger partial charge in [-0.25, -0.2) is 0 Å². The van der Waals surface area contributed by atoms with Crippen LogP contribution in [0.2, 0.25) is 0 Å². The van der Waals surface area contributed by atoms with Crippen molar-refractivity contribution in [3.8, 4) is 0 Å². The summed E-state index contributed by atoms with van der Waals surface area (Å²) < 4.78 is 5.45. The van der Waals surface area contributed by atoms with Crippen LogP contribution in [0, 0.1) is 0 Å². The Morgan fingerprint density at radius 1 is 1.50 bits per heavy atom. The van der Waals surface area contributed by atoms with Crippen molar-refractivity contribution in [1.29, 1.82) is 0 Å². The number of nitrogens with zero attached hydrogens (tertiary/aromatic N) is 1. The molecule has 0 saturated heterocycles. The molecule has 0 unspecified atom stereocenters. The van der Waals surface area contributed by atoms with Crippen LogP contribution < -0.4 is 0 Å². The number of rotatable bonds is 2. The third kappa shape index (κ3) is 1.11. The monoisotopic (exact) mass is 159 g/mol. The van der Waals surface area contributed by atoms with E-state index in [2.05, 4.69) is 11.6 Å². The van der Waals surface area contributed by atoms with E-state index in [4.69, 9.17) is 4.42 Å². The van der Waals surface area contributed by atoms with Crippen molar-refractivity contribution in [3.63, 3.8) is 0 Å². The third-order valence-corrected chi connectivity index (χ3v) is 1.79. The SMILES string of the molecule is C=Cc1ccc(C2=CC=NC2)o1. The first kappa shape index (κ1) is 7.10. The Labute approximate surface area is 70.9 Å². The minimum Gasteiger partial charge on any atom is -0.457 e. The van der Waals surface area contributed by atoms with E-state index in [0.717, 1.165) is 23.6 Å². The minimum absolute atomic E-state index is 0.726. The van der Waals surface area contributed by atoms with Gasteiger partial charge in [0.05, 0.1) is 6.54 Å². The molecule has 0 bridgehead atoms. The molecule has 0 aromatic carbocycles. The molecule has 0 fully saturated rings. The zero-order chi connectivity index (χ0) is 8.39. The van der Waals surface area contributed by atoms with E-state index in [-0.39, 0.29) is 0 Å². The Bertz CT molecular complexity index is 358. The van der Waals surface area contributed by atoms with Crippen LogP contribution in [-0.2, 0) is 0 Å². The van der Waals surface area contributed by atoms with Crippen molar-refractivity contribution >= 4 is 17.9 Å². The van der Waals surface area contributed by atoms with Crippen LogP contribution in [0.1, 0.15) is 11.5 Å². The molecule has 60 valence electrons. The van der Waals surface area contributed by atoms with Gasteiger partial charge in [-0.15, -0.1) is 0 Å². The summed E-state index contributed by atoms with van der Waals surface area (Å²) in [5, 5.41) is 0. The highest BCUT2D eigenvalue weighted by Gasteiger charge is 2.07. The smallest absolute Gasteiger partial charge is 0.132 e. The predicted molar refractivity (Wildman–Crippen MR) is 50.1 cm³/mol. The lowest BCUT2D eigenvalue weighted by Crippen LogP contribution is -1.80. The van der Waals surface area contributed by atoms with Crippen LogP contribution in [0.15, 0.2) is 34.2 Å². The van der Waals surface area contributed by atoms with E-state index in [0.29, 0.717) is 0 Å². The lowest BCUT2D eigenvalue weighted by molar-refractivity contribution is 0.542. The van der Waals surface area contributed by atoms with Crippen LogP contribution in [0.4, 0.5) is 0 Å². The van der Waals surface area contributed by atoms with Gasteiger partial charge in [0.2, 0.25) is 0 Å². The minimum atomic E-state index is 0.726. The first-order valence-electron chi connectivity index (χ1n) is 3.82. The van der Waals surface area contributed by atoms with Gasteiger partial charge in [0, 0.05) is 11.8 Å². The fourth-order valence-electron chi connectivity index (χ4n) is 1.14. The van der Waals surface area contributed by atoms with Gasteiger partial charge in [-0.1, -0.05) is 6.58 Å². The standard InChI is InChI=1S/C10H9NO/c1-2-9-3-4-10(12-9)8-5-6-11-7-8/h2-6H,1,7H2. The van der Waals surface area contributed by atoms with E-state index in [9.17, 15) is 0 Å². The normalized spacial score (nSPS) is 14.8. The second kappa shape index (κ2) is 2.81. The first-order chi connectivity index (χ1) is 5.90. The lowest BCUT2D eigenvalue weighted by atomic mass is 10.2. The summed E-state index contributed by atoms with van der Waals surface area (Å²) in [4.78, 5) is 4.07. The van der Waals surface area contributed by atoms with E-state index >= 15 is 0 Å². The molecule has 1 aromatic heterocycles. The van der Waals surface area contributed by atoms with Crippen molar-refractivity contribution in [2.75, 3.05) is 6.54 Å². The zero-order valence-electron chi connectivity index (χ0n) is 6.66. The molecule has 0 atom stereocenters. The molecule has 0 radical (unpaired) electrons. The van der Waals surface area contributed by atoms with Crippen LogP contribution in [0.5, 0.6) is 0 Å². The van der Waals surface area contributed by atoms with Gasteiger partial charge < -0.3 is 4.42 Å². The number of allylic oxidation sites excluding steroid dienone is 1. The third-order valence-electron chi connectivity index (χ3n) is 1.79. The van der Waals surface area contributed by atoms with E-state index in [1.54, 1.807) is 12.3 Å². The molecule has 2 heteroatoms. The van der Waals surface area contributed by atoms with Crippen LogP contribution in [0.25, 0.3) is 11.6 Å². The first-order valence-corrected chi connectivity index (χ1v) is 3.82. The van der Waals surface area contributed by atoms with Crippen LogP contribution in [-0.4, -0.2) is 12.8 Å². The van der Waals surface area contributed by atoms with E-state index in [1.165, 1.54) is 0 Å². The van der Waals surface area contributed by atoms with Gasteiger partial charge in [0.1, 0.15) is 11.5 Å². The molecular formula is C10H9NO. The topological polar surface area (TPSA) is 25.5 Å². The summed E-state index contributed by atoms with van der Waals surface area (Å²) >= 11 is 0. The average molecular weight is 159 g/mol. The summed E-state index contributed by atoms with van der Waals surface area (Å²) in [7, 11) is 0. The summed E-state index contributed by atoms with van der Waals surface area (Å²) in [5.74, 6) is 1.69. The summed E-state index contributed by atoms with van der Waals surface area (Å²) in [6.07, 6.45) is 5.46. The highest BCUT2D eigenvalue weighted by atomic mass is 16.3. The summed E-state index contributed by atoms with van der Waals surface area (Å²) in [6, 6.07) is 3.85. The molecule has 12 heavy (non-hydrogen) atoms. The maximum atomic E-state index is 5.45. The summed E-state index contributed by atoms with van der Waals surface area (Å²) in [6.45, 7) is 4.35.